The molecule has 0 bridgehead atoms. The summed E-state index contributed by atoms with van der Waals surface area (Å²) in [6.07, 6.45) is 3.56. The molecule has 0 atom stereocenters. The van der Waals surface area contributed by atoms with Crippen molar-refractivity contribution in [1.82, 2.24) is 20.2 Å². The Labute approximate surface area is 202 Å². The number of benzene rings is 1. The number of rotatable bonds is 11. The van der Waals surface area contributed by atoms with Crippen LogP contribution in [0.4, 0.5) is 10.8 Å². The molecule has 2 heterocycles. The second-order valence-corrected chi connectivity index (χ2v) is 8.59. The van der Waals surface area contributed by atoms with Crippen LogP contribution in [0.5, 0.6) is 0 Å². The molecule has 0 aliphatic rings. The summed E-state index contributed by atoms with van der Waals surface area (Å²) in [5.74, 6) is -0.398. The summed E-state index contributed by atoms with van der Waals surface area (Å²) < 4.78 is 5.14. The number of amides is 2. The summed E-state index contributed by atoms with van der Waals surface area (Å²) in [7, 11) is 1.57. The van der Waals surface area contributed by atoms with Gasteiger partial charge in [-0.05, 0) is 36.2 Å². The predicted octanol–water partition coefficient (Wildman–Crippen LogP) is 4.04. The topological polar surface area (TPSA) is 96.5 Å². The lowest BCUT2D eigenvalue weighted by molar-refractivity contribution is -0.121. The average molecular weight is 488 g/mol. The van der Waals surface area contributed by atoms with Crippen LogP contribution < -0.4 is 10.6 Å². The Morgan fingerprint density at radius 2 is 2.09 bits per heavy atom. The maximum atomic E-state index is 13.1. The van der Waals surface area contributed by atoms with Crippen LogP contribution in [0.25, 0.3) is 0 Å². The summed E-state index contributed by atoms with van der Waals surface area (Å²) in [4.78, 5) is 35.4. The largest absolute Gasteiger partial charge is 0.383 e. The van der Waals surface area contributed by atoms with Gasteiger partial charge in [-0.3, -0.25) is 14.6 Å². The van der Waals surface area contributed by atoms with Crippen LogP contribution in [-0.4, -0.2) is 53.5 Å². The molecule has 0 saturated carbocycles. The first-order valence-electron chi connectivity index (χ1n) is 10.4. The van der Waals surface area contributed by atoms with Gasteiger partial charge >= 0.3 is 0 Å². The van der Waals surface area contributed by atoms with Gasteiger partial charge in [0, 0.05) is 61.6 Å². The molecule has 1 aromatic carbocycles. The van der Waals surface area contributed by atoms with Crippen molar-refractivity contribution in [2.24, 2.45) is 0 Å². The van der Waals surface area contributed by atoms with Crippen LogP contribution in [-0.2, 0) is 16.1 Å². The number of anilines is 2. The van der Waals surface area contributed by atoms with Crippen molar-refractivity contribution in [2.45, 2.75) is 19.9 Å². The molecule has 0 unspecified atom stereocenters. The molecule has 0 radical (unpaired) electrons. The molecule has 2 aromatic heterocycles. The molecule has 0 saturated heterocycles. The summed E-state index contributed by atoms with van der Waals surface area (Å²) >= 11 is 7.41. The van der Waals surface area contributed by atoms with E-state index in [1.54, 1.807) is 29.8 Å². The molecule has 10 heteroatoms. The number of ether oxygens (including phenoxy) is 1. The Hall–Kier alpha value is -3.01. The van der Waals surface area contributed by atoms with Crippen LogP contribution in [0.2, 0.25) is 5.02 Å². The monoisotopic (exact) mass is 487 g/mol. The number of nitrogens with one attached hydrogen (secondary N) is 2. The van der Waals surface area contributed by atoms with Gasteiger partial charge in [0.2, 0.25) is 5.91 Å². The van der Waals surface area contributed by atoms with Gasteiger partial charge in [0.25, 0.3) is 5.91 Å². The van der Waals surface area contributed by atoms with Crippen LogP contribution in [0.15, 0.2) is 48.1 Å². The first kappa shape index (κ1) is 24.6. The molecule has 3 rings (SSSR count). The number of aryl methyl sites for hydroxylation is 1. The lowest BCUT2D eigenvalue weighted by atomic mass is 10.2. The molecule has 0 spiro atoms. The van der Waals surface area contributed by atoms with E-state index in [0.29, 0.717) is 35.5 Å². The van der Waals surface area contributed by atoms with Crippen molar-refractivity contribution in [3.05, 3.63) is 69.9 Å². The summed E-state index contributed by atoms with van der Waals surface area (Å²) in [6.45, 7) is 3.33. The van der Waals surface area contributed by atoms with Crippen molar-refractivity contribution in [3.63, 3.8) is 0 Å². The summed E-state index contributed by atoms with van der Waals surface area (Å²) in [5, 5.41) is 8.96. The molecular formula is C23H26ClN5O3S. The molecule has 2 amide bonds. The van der Waals surface area contributed by atoms with E-state index in [-0.39, 0.29) is 24.8 Å². The minimum absolute atomic E-state index is 0.147. The van der Waals surface area contributed by atoms with Gasteiger partial charge in [-0.2, -0.15) is 0 Å². The van der Waals surface area contributed by atoms with E-state index in [9.17, 15) is 9.59 Å². The number of hydrogen-bond acceptors (Lipinski definition) is 7. The van der Waals surface area contributed by atoms with Gasteiger partial charge in [0.15, 0.2) is 5.13 Å². The Morgan fingerprint density at radius 3 is 2.85 bits per heavy atom. The molecule has 0 aliphatic carbocycles. The number of thiazole rings is 1. The number of halogens is 1. The number of pyridine rings is 1. The molecule has 174 valence electrons. The highest BCUT2D eigenvalue weighted by molar-refractivity contribution is 7.14. The van der Waals surface area contributed by atoms with Gasteiger partial charge in [-0.15, -0.1) is 11.3 Å². The highest BCUT2D eigenvalue weighted by Gasteiger charge is 2.20. The predicted molar refractivity (Wildman–Crippen MR) is 130 cm³/mol. The maximum Gasteiger partial charge on any atom is 0.273 e. The first-order valence-corrected chi connectivity index (χ1v) is 11.6. The van der Waals surface area contributed by atoms with Crippen LogP contribution in [0, 0.1) is 6.92 Å². The second kappa shape index (κ2) is 12.3. The third kappa shape index (κ3) is 7.52. The molecule has 0 fully saturated rings. The van der Waals surface area contributed by atoms with E-state index in [2.05, 4.69) is 20.6 Å². The third-order valence-corrected chi connectivity index (χ3v) is 5.83. The minimum atomic E-state index is -0.251. The van der Waals surface area contributed by atoms with Gasteiger partial charge in [-0.1, -0.05) is 23.7 Å². The van der Waals surface area contributed by atoms with Crippen LogP contribution >= 0.6 is 22.9 Å². The van der Waals surface area contributed by atoms with Gasteiger partial charge in [0.05, 0.1) is 6.61 Å². The smallest absolute Gasteiger partial charge is 0.273 e. The Bertz CT molecular complexity index is 1080. The van der Waals surface area contributed by atoms with E-state index in [4.69, 9.17) is 16.3 Å². The number of methoxy groups -OCH3 is 1. The van der Waals surface area contributed by atoms with Gasteiger partial charge in [0.1, 0.15) is 5.69 Å². The van der Waals surface area contributed by atoms with E-state index >= 15 is 0 Å². The van der Waals surface area contributed by atoms with Crippen molar-refractivity contribution in [2.75, 3.05) is 32.1 Å². The summed E-state index contributed by atoms with van der Waals surface area (Å²) in [5.41, 5.74) is 3.07. The van der Waals surface area contributed by atoms with E-state index in [0.717, 1.165) is 16.8 Å². The van der Waals surface area contributed by atoms with E-state index in [1.165, 1.54) is 11.3 Å². The lowest BCUT2D eigenvalue weighted by Crippen LogP contribution is -2.37. The molecule has 0 aliphatic heterocycles. The average Bonchev–Trinajstić information content (AvgIpc) is 3.29. The number of hydrogen-bond donors (Lipinski definition) is 2. The summed E-state index contributed by atoms with van der Waals surface area (Å²) in [6, 6.07) is 9.25. The SMILES string of the molecule is COCCN(CCC(=O)NCc1cccnc1)C(=O)c1csc(Nc2cc(Cl)ccc2C)n1. The molecular weight excluding hydrogens is 462 g/mol. The molecule has 8 nitrogen and oxygen atoms in total. The fourth-order valence-corrected chi connectivity index (χ4v) is 3.85. The first-order chi connectivity index (χ1) is 16.0. The minimum Gasteiger partial charge on any atom is -0.383 e. The van der Waals surface area contributed by atoms with Crippen LogP contribution in [0.1, 0.15) is 28.0 Å². The number of aromatic nitrogens is 2. The molecule has 3 aromatic rings. The fraction of sp³-hybridized carbons (Fsp3) is 0.304. The van der Waals surface area contributed by atoms with Crippen molar-refractivity contribution >= 4 is 45.6 Å². The highest BCUT2D eigenvalue weighted by Crippen LogP contribution is 2.26. The number of carbonyl (C=O) groups is 2. The Kier molecular flexibility index (Phi) is 9.17. The highest BCUT2D eigenvalue weighted by atomic mass is 35.5. The van der Waals surface area contributed by atoms with Crippen molar-refractivity contribution < 1.29 is 14.3 Å². The lowest BCUT2D eigenvalue weighted by Gasteiger charge is -2.21. The van der Waals surface area contributed by atoms with Gasteiger partial charge < -0.3 is 20.3 Å². The number of nitrogens with zero attached hydrogens (tertiary/aromatic N) is 3. The quantitative estimate of drug-likeness (QED) is 0.423. The zero-order valence-corrected chi connectivity index (χ0v) is 20.1. The standard InChI is InChI=1S/C23H26ClN5O3S/c1-16-5-6-18(24)12-19(16)27-23-28-20(15-33-23)22(31)29(10-11-32-2)9-7-21(30)26-14-17-4-3-8-25-13-17/h3-6,8,12-13,15H,7,9-11,14H2,1-2H3,(H,26,30)(H,27,28). The molecule has 33 heavy (non-hydrogen) atoms. The second-order valence-electron chi connectivity index (χ2n) is 7.30. The normalized spacial score (nSPS) is 10.6. The molecule has 2 N–H and O–H groups in total. The Morgan fingerprint density at radius 1 is 1.24 bits per heavy atom. The fourth-order valence-electron chi connectivity index (χ4n) is 2.98. The van der Waals surface area contributed by atoms with Crippen LogP contribution in [0.3, 0.4) is 0 Å². The van der Waals surface area contributed by atoms with E-state index < -0.39 is 0 Å². The van der Waals surface area contributed by atoms with E-state index in [1.807, 2.05) is 37.3 Å². The zero-order valence-electron chi connectivity index (χ0n) is 18.5. The van der Waals surface area contributed by atoms with Gasteiger partial charge in [-0.25, -0.2) is 4.98 Å². The Balaban J connectivity index is 1.59. The maximum absolute atomic E-state index is 13.1. The third-order valence-electron chi connectivity index (χ3n) is 4.84. The van der Waals surface area contributed by atoms with Crippen molar-refractivity contribution in [1.29, 1.82) is 0 Å². The van der Waals surface area contributed by atoms with Crippen molar-refractivity contribution in [3.8, 4) is 0 Å². The zero-order chi connectivity index (χ0) is 23.6. The number of carbonyl (C=O) groups excluding carboxylic acids is 2.